The third-order valence-electron chi connectivity index (χ3n) is 2.64. The number of aromatic nitrogens is 1. The molecule has 0 radical (unpaired) electrons. The summed E-state index contributed by atoms with van der Waals surface area (Å²) in [6.07, 6.45) is 1.55. The van der Waals surface area contributed by atoms with Crippen molar-refractivity contribution in [2.45, 2.75) is 13.3 Å². The van der Waals surface area contributed by atoms with Gasteiger partial charge in [-0.1, -0.05) is 18.2 Å². The quantitative estimate of drug-likeness (QED) is 0.912. The molecule has 0 bridgehead atoms. The molecule has 0 saturated heterocycles. The first-order valence-corrected chi connectivity index (χ1v) is 6.31. The molecule has 0 unspecified atom stereocenters. The zero-order chi connectivity index (χ0) is 14.4. The van der Waals surface area contributed by atoms with Crippen molar-refractivity contribution in [2.75, 3.05) is 11.9 Å². The highest BCUT2D eigenvalue weighted by atomic mass is 19.1. The second-order valence-electron chi connectivity index (χ2n) is 4.11. The smallest absolute Gasteiger partial charge is 0.237 e. The van der Waals surface area contributed by atoms with Gasteiger partial charge >= 0.3 is 0 Å². The minimum absolute atomic E-state index is 0.0346. The summed E-state index contributed by atoms with van der Waals surface area (Å²) in [5.74, 6) is -0.347. The van der Waals surface area contributed by atoms with E-state index in [1.54, 1.807) is 36.5 Å². The van der Waals surface area contributed by atoms with E-state index in [0.29, 0.717) is 23.7 Å². The Labute approximate surface area is 116 Å². The van der Waals surface area contributed by atoms with E-state index in [4.69, 9.17) is 4.74 Å². The lowest BCUT2D eigenvalue weighted by Crippen LogP contribution is -2.16. The van der Waals surface area contributed by atoms with Crippen molar-refractivity contribution in [3.05, 3.63) is 54.0 Å². The lowest BCUT2D eigenvalue weighted by atomic mass is 10.1. The zero-order valence-corrected chi connectivity index (χ0v) is 11.1. The topological polar surface area (TPSA) is 51.2 Å². The molecule has 5 heteroatoms. The molecule has 1 N–H and O–H groups in total. The Bertz CT molecular complexity index is 602. The molecule has 2 rings (SSSR count). The zero-order valence-electron chi connectivity index (χ0n) is 11.1. The second-order valence-corrected chi connectivity index (χ2v) is 4.11. The number of halogens is 1. The van der Waals surface area contributed by atoms with E-state index in [1.807, 2.05) is 6.92 Å². The molecule has 0 aliphatic rings. The normalized spacial score (nSPS) is 10.1. The van der Waals surface area contributed by atoms with E-state index in [1.165, 1.54) is 6.07 Å². The van der Waals surface area contributed by atoms with E-state index >= 15 is 0 Å². The van der Waals surface area contributed by atoms with E-state index in [9.17, 15) is 9.18 Å². The van der Waals surface area contributed by atoms with Crippen LogP contribution in [0.1, 0.15) is 12.5 Å². The lowest BCUT2D eigenvalue weighted by Gasteiger charge is -2.10. The van der Waals surface area contributed by atoms with Crippen LogP contribution < -0.4 is 10.1 Å². The number of hydrogen-bond donors (Lipinski definition) is 1. The average molecular weight is 274 g/mol. The molecule has 0 fully saturated rings. The van der Waals surface area contributed by atoms with Crippen LogP contribution >= 0.6 is 0 Å². The van der Waals surface area contributed by atoms with Crippen molar-refractivity contribution >= 4 is 11.6 Å². The molecule has 1 aromatic carbocycles. The van der Waals surface area contributed by atoms with Gasteiger partial charge in [-0.15, -0.1) is 0 Å². The first kappa shape index (κ1) is 14.0. The number of anilines is 1. The Morgan fingerprint density at radius 1 is 1.30 bits per heavy atom. The summed E-state index contributed by atoms with van der Waals surface area (Å²) in [4.78, 5) is 16.0. The SMILES string of the molecule is CCOc1ncccc1NC(=O)Cc1ccccc1F. The first-order valence-electron chi connectivity index (χ1n) is 6.31. The Morgan fingerprint density at radius 2 is 2.10 bits per heavy atom. The molecular weight excluding hydrogens is 259 g/mol. The molecule has 0 aliphatic carbocycles. The number of pyridine rings is 1. The maximum atomic E-state index is 13.5. The van der Waals surface area contributed by atoms with Crippen molar-refractivity contribution in [3.8, 4) is 5.88 Å². The van der Waals surface area contributed by atoms with Crippen molar-refractivity contribution in [3.63, 3.8) is 0 Å². The molecule has 0 saturated carbocycles. The van der Waals surface area contributed by atoms with Crippen LogP contribution in [0.2, 0.25) is 0 Å². The molecule has 1 amide bonds. The Balaban J connectivity index is 2.07. The van der Waals surface area contributed by atoms with Crippen LogP contribution in [0, 0.1) is 5.82 Å². The number of benzene rings is 1. The highest BCUT2D eigenvalue weighted by molar-refractivity contribution is 5.93. The Kier molecular flexibility index (Phi) is 4.65. The van der Waals surface area contributed by atoms with Crippen molar-refractivity contribution < 1.29 is 13.9 Å². The van der Waals surface area contributed by atoms with Crippen molar-refractivity contribution in [1.82, 2.24) is 4.98 Å². The fourth-order valence-electron chi connectivity index (χ4n) is 1.75. The van der Waals surface area contributed by atoms with Crippen LogP contribution in [0.25, 0.3) is 0 Å². The highest BCUT2D eigenvalue weighted by Crippen LogP contribution is 2.20. The molecule has 0 spiro atoms. The molecule has 1 aromatic heterocycles. The largest absolute Gasteiger partial charge is 0.476 e. The Hall–Kier alpha value is -2.43. The van der Waals surface area contributed by atoms with Crippen molar-refractivity contribution in [2.24, 2.45) is 0 Å². The van der Waals surface area contributed by atoms with Crippen LogP contribution in [0.15, 0.2) is 42.6 Å². The van der Waals surface area contributed by atoms with Crippen LogP contribution in [-0.4, -0.2) is 17.5 Å². The van der Waals surface area contributed by atoms with Gasteiger partial charge in [-0.3, -0.25) is 4.79 Å². The van der Waals surface area contributed by atoms with Gasteiger partial charge in [0.1, 0.15) is 11.5 Å². The maximum Gasteiger partial charge on any atom is 0.237 e. The van der Waals surface area contributed by atoms with Gasteiger partial charge in [-0.05, 0) is 30.7 Å². The average Bonchev–Trinajstić information content (AvgIpc) is 2.44. The third-order valence-corrected chi connectivity index (χ3v) is 2.64. The fraction of sp³-hybridized carbons (Fsp3) is 0.200. The van der Waals surface area contributed by atoms with Gasteiger partial charge in [0, 0.05) is 6.20 Å². The van der Waals surface area contributed by atoms with E-state index in [-0.39, 0.29) is 18.1 Å². The van der Waals surface area contributed by atoms with Gasteiger partial charge in [-0.25, -0.2) is 9.37 Å². The summed E-state index contributed by atoms with van der Waals surface area (Å²) in [5, 5.41) is 2.68. The number of ether oxygens (including phenoxy) is 1. The molecule has 2 aromatic rings. The van der Waals surface area contributed by atoms with Gasteiger partial charge in [0.2, 0.25) is 11.8 Å². The number of nitrogens with one attached hydrogen (secondary N) is 1. The predicted molar refractivity (Wildman–Crippen MR) is 74.1 cm³/mol. The summed E-state index contributed by atoms with van der Waals surface area (Å²) >= 11 is 0. The number of nitrogens with zero attached hydrogens (tertiary/aromatic N) is 1. The van der Waals surface area contributed by atoms with E-state index in [2.05, 4.69) is 10.3 Å². The molecule has 0 atom stereocenters. The number of rotatable bonds is 5. The maximum absolute atomic E-state index is 13.5. The molecule has 104 valence electrons. The van der Waals surface area contributed by atoms with Gasteiger partial charge in [0.25, 0.3) is 0 Å². The first-order chi connectivity index (χ1) is 9.70. The number of carbonyl (C=O) groups excluding carboxylic acids is 1. The predicted octanol–water partition coefficient (Wildman–Crippen LogP) is 2.80. The van der Waals surface area contributed by atoms with Crippen LogP contribution in [-0.2, 0) is 11.2 Å². The third kappa shape index (κ3) is 3.54. The minimum Gasteiger partial charge on any atom is -0.476 e. The van der Waals surface area contributed by atoms with Gasteiger partial charge < -0.3 is 10.1 Å². The minimum atomic E-state index is -0.390. The van der Waals surface area contributed by atoms with Crippen molar-refractivity contribution in [1.29, 1.82) is 0 Å². The summed E-state index contributed by atoms with van der Waals surface area (Å²) in [5.41, 5.74) is 0.836. The van der Waals surface area contributed by atoms with E-state index in [0.717, 1.165) is 0 Å². The number of amides is 1. The fourth-order valence-corrected chi connectivity index (χ4v) is 1.75. The molecule has 20 heavy (non-hydrogen) atoms. The van der Waals surface area contributed by atoms with Gasteiger partial charge in [0.15, 0.2) is 0 Å². The standard InChI is InChI=1S/C15H15FN2O2/c1-2-20-15-13(8-5-9-17-15)18-14(19)10-11-6-3-4-7-12(11)16/h3-9H,2,10H2,1H3,(H,18,19). The van der Waals surface area contributed by atoms with Gasteiger partial charge in [0.05, 0.1) is 13.0 Å². The number of hydrogen-bond acceptors (Lipinski definition) is 3. The molecule has 0 aliphatic heterocycles. The Morgan fingerprint density at radius 3 is 2.85 bits per heavy atom. The molecule has 4 nitrogen and oxygen atoms in total. The van der Waals surface area contributed by atoms with Gasteiger partial charge in [-0.2, -0.15) is 0 Å². The number of carbonyl (C=O) groups is 1. The monoisotopic (exact) mass is 274 g/mol. The second kappa shape index (κ2) is 6.65. The van der Waals surface area contributed by atoms with E-state index < -0.39 is 0 Å². The molecule has 1 heterocycles. The van der Waals surface area contributed by atoms with Crippen LogP contribution in [0.5, 0.6) is 5.88 Å². The summed E-state index contributed by atoms with van der Waals surface area (Å²) in [6, 6.07) is 9.59. The van der Waals surface area contributed by atoms with Crippen LogP contribution in [0.4, 0.5) is 10.1 Å². The molecular formula is C15H15FN2O2. The highest BCUT2D eigenvalue weighted by Gasteiger charge is 2.11. The van der Waals surface area contributed by atoms with Crippen LogP contribution in [0.3, 0.4) is 0 Å². The summed E-state index contributed by atoms with van der Waals surface area (Å²) in [7, 11) is 0. The summed E-state index contributed by atoms with van der Waals surface area (Å²) < 4.78 is 18.8. The lowest BCUT2D eigenvalue weighted by molar-refractivity contribution is -0.115. The summed E-state index contributed by atoms with van der Waals surface area (Å²) in [6.45, 7) is 2.28.